The van der Waals surface area contributed by atoms with E-state index in [2.05, 4.69) is 9.88 Å². The van der Waals surface area contributed by atoms with E-state index in [-0.39, 0.29) is 25.0 Å². The summed E-state index contributed by atoms with van der Waals surface area (Å²) >= 11 is 7.91. The predicted octanol–water partition coefficient (Wildman–Crippen LogP) is 4.66. The summed E-state index contributed by atoms with van der Waals surface area (Å²) in [5, 5.41) is 11.2. The number of hydrogen-bond donors (Lipinski definition) is 1. The first-order valence-corrected chi connectivity index (χ1v) is 12.9. The number of aliphatic hydroxyl groups excluding tert-OH is 1. The van der Waals surface area contributed by atoms with Crippen LogP contribution in [0.25, 0.3) is 0 Å². The molecule has 0 unspecified atom stereocenters. The maximum absolute atomic E-state index is 13.7. The van der Waals surface area contributed by atoms with Crippen LogP contribution in [0.15, 0.2) is 42.6 Å². The molecule has 2 fully saturated rings. The highest BCUT2D eigenvalue weighted by Crippen LogP contribution is 2.52. The number of carbonyl (C=O) groups excluding carboxylic acids is 1. The molecule has 3 aliphatic rings. The van der Waals surface area contributed by atoms with Crippen LogP contribution in [0.2, 0.25) is 5.02 Å². The minimum Gasteiger partial charge on any atom is -0.454 e. The van der Waals surface area contributed by atoms with Gasteiger partial charge in [0.15, 0.2) is 11.5 Å². The van der Waals surface area contributed by atoms with Crippen molar-refractivity contribution in [2.75, 3.05) is 19.9 Å². The zero-order chi connectivity index (χ0) is 24.2. The number of ketones is 1. The highest BCUT2D eigenvalue weighted by atomic mass is 35.5. The Morgan fingerprint density at radius 1 is 1.26 bits per heavy atom. The first-order chi connectivity index (χ1) is 16.9. The van der Waals surface area contributed by atoms with E-state index in [9.17, 15) is 14.3 Å². The van der Waals surface area contributed by atoms with Gasteiger partial charge >= 0.3 is 0 Å². The van der Waals surface area contributed by atoms with Crippen LogP contribution in [-0.2, 0) is 16.6 Å². The topological polar surface area (TPSA) is 71.9 Å². The molecule has 1 saturated carbocycles. The van der Waals surface area contributed by atoms with Crippen molar-refractivity contribution in [3.63, 3.8) is 0 Å². The van der Waals surface area contributed by atoms with E-state index in [1.54, 1.807) is 12.3 Å². The van der Waals surface area contributed by atoms with Crippen molar-refractivity contribution in [3.8, 4) is 11.5 Å². The van der Waals surface area contributed by atoms with Crippen molar-refractivity contribution >= 4 is 28.7 Å². The molecule has 1 saturated heterocycles. The lowest BCUT2D eigenvalue weighted by Gasteiger charge is -2.27. The second-order valence-electron chi connectivity index (χ2n) is 9.41. The van der Waals surface area contributed by atoms with Crippen molar-refractivity contribution in [2.45, 2.75) is 43.2 Å². The van der Waals surface area contributed by atoms with Crippen LogP contribution in [0, 0.1) is 5.82 Å². The highest BCUT2D eigenvalue weighted by molar-refractivity contribution is 7.11. The predicted molar refractivity (Wildman–Crippen MR) is 130 cm³/mol. The number of aliphatic hydroxyl groups is 1. The fourth-order valence-electron chi connectivity index (χ4n) is 5.14. The molecular formula is C26H24ClFN2O4S. The number of ether oxygens (including phenoxy) is 2. The van der Waals surface area contributed by atoms with Crippen LogP contribution in [0.4, 0.5) is 4.39 Å². The second-order valence-corrected chi connectivity index (χ2v) is 11.0. The average Bonchev–Trinajstić information content (AvgIpc) is 3.12. The highest BCUT2D eigenvalue weighted by Gasteiger charge is 2.51. The number of aromatic nitrogens is 1. The molecule has 3 heterocycles. The standard InChI is InChI=1S/C26H24ClFN2O4S/c27-19-10-16(28)2-3-18(19)25(30-8-5-17(31)13-30)22-12-29-24(35-22)11-23(32)26(6-7-26)15-1-4-20-21(9-15)34-14-33-20/h1-4,9-10,12,17,25,31H,5-8,11,13-14H2/t17-,25+/m1/s1. The number of rotatable bonds is 7. The fraction of sp³-hybridized carbons (Fsp3) is 0.385. The number of carbonyl (C=O) groups is 1. The smallest absolute Gasteiger partial charge is 0.231 e. The third-order valence-corrected chi connectivity index (χ3v) is 8.56. The maximum Gasteiger partial charge on any atom is 0.231 e. The minimum atomic E-state index is -0.495. The van der Waals surface area contributed by atoms with Gasteiger partial charge in [-0.05, 0) is 54.7 Å². The van der Waals surface area contributed by atoms with Crippen LogP contribution < -0.4 is 9.47 Å². The lowest BCUT2D eigenvalue weighted by atomic mass is 9.89. The SMILES string of the molecule is O=C(Cc1ncc([C@H](c2ccc(F)cc2Cl)N2CC[C@@H](O)C2)s1)C1(c2ccc3c(c2)OCO3)CC1. The summed E-state index contributed by atoms with van der Waals surface area (Å²) in [6.07, 6.45) is 3.89. The van der Waals surface area contributed by atoms with Gasteiger partial charge in [-0.2, -0.15) is 0 Å². The number of thiazole rings is 1. The number of fused-ring (bicyclic) bond motifs is 1. The number of β-amino-alcohol motifs (C(OH)–C–C–N with tert-alkyl or cyclic N) is 1. The van der Waals surface area contributed by atoms with Crippen LogP contribution in [-0.4, -0.2) is 46.8 Å². The monoisotopic (exact) mass is 514 g/mol. The van der Waals surface area contributed by atoms with E-state index in [1.807, 2.05) is 18.2 Å². The van der Waals surface area contributed by atoms with Crippen molar-refractivity contribution in [1.82, 2.24) is 9.88 Å². The fourth-order valence-corrected chi connectivity index (χ4v) is 6.49. The molecule has 0 bridgehead atoms. The van der Waals surface area contributed by atoms with Gasteiger partial charge in [-0.3, -0.25) is 9.69 Å². The van der Waals surface area contributed by atoms with Crippen molar-refractivity contribution < 1.29 is 23.8 Å². The zero-order valence-corrected chi connectivity index (χ0v) is 20.4. The molecule has 1 aliphatic carbocycles. The molecule has 3 aromatic rings. The molecule has 1 aromatic heterocycles. The minimum absolute atomic E-state index is 0.144. The second kappa shape index (κ2) is 8.85. The van der Waals surface area contributed by atoms with Gasteiger partial charge in [-0.25, -0.2) is 9.37 Å². The largest absolute Gasteiger partial charge is 0.454 e. The van der Waals surface area contributed by atoms with Gasteiger partial charge in [0.25, 0.3) is 0 Å². The Hall–Kier alpha value is -2.52. The molecule has 2 aromatic carbocycles. The summed E-state index contributed by atoms with van der Waals surface area (Å²) in [5.74, 6) is 1.14. The molecule has 0 radical (unpaired) electrons. The van der Waals surface area contributed by atoms with Crippen molar-refractivity contribution in [1.29, 1.82) is 0 Å². The number of nitrogens with zero attached hydrogens (tertiary/aromatic N) is 2. The van der Waals surface area contributed by atoms with Gasteiger partial charge in [-0.15, -0.1) is 11.3 Å². The molecule has 182 valence electrons. The number of hydrogen-bond acceptors (Lipinski definition) is 7. The quantitative estimate of drug-likeness (QED) is 0.494. The van der Waals surface area contributed by atoms with E-state index in [1.165, 1.54) is 23.5 Å². The van der Waals surface area contributed by atoms with Crippen LogP contribution in [0.3, 0.4) is 0 Å². The number of benzene rings is 2. The Bertz CT molecular complexity index is 1290. The van der Waals surface area contributed by atoms with E-state index in [4.69, 9.17) is 21.1 Å². The molecule has 6 rings (SSSR count). The molecular weight excluding hydrogens is 491 g/mol. The summed E-state index contributed by atoms with van der Waals surface area (Å²) < 4.78 is 24.6. The third kappa shape index (κ3) is 4.22. The number of halogens is 2. The molecule has 0 amide bonds. The van der Waals surface area contributed by atoms with Gasteiger partial charge in [-0.1, -0.05) is 23.7 Å². The van der Waals surface area contributed by atoms with E-state index >= 15 is 0 Å². The van der Waals surface area contributed by atoms with Gasteiger partial charge in [0.2, 0.25) is 6.79 Å². The first-order valence-electron chi connectivity index (χ1n) is 11.7. The number of likely N-dealkylation sites (tertiary alicyclic amines) is 1. The summed E-state index contributed by atoms with van der Waals surface area (Å²) in [5.41, 5.74) is 1.24. The van der Waals surface area contributed by atoms with Gasteiger partial charge < -0.3 is 14.6 Å². The molecule has 0 spiro atoms. The van der Waals surface area contributed by atoms with Crippen LogP contribution in [0.5, 0.6) is 11.5 Å². The van der Waals surface area contributed by atoms with Gasteiger partial charge in [0.05, 0.1) is 24.0 Å². The zero-order valence-electron chi connectivity index (χ0n) is 18.9. The normalized spacial score (nSPS) is 21.3. The Kier molecular flexibility index (Phi) is 5.79. The Morgan fingerprint density at radius 3 is 2.83 bits per heavy atom. The van der Waals surface area contributed by atoms with E-state index < -0.39 is 17.3 Å². The van der Waals surface area contributed by atoms with Gasteiger partial charge in [0.1, 0.15) is 16.6 Å². The summed E-state index contributed by atoms with van der Waals surface area (Å²) in [4.78, 5) is 21.1. The van der Waals surface area contributed by atoms with Gasteiger partial charge in [0, 0.05) is 29.2 Å². The van der Waals surface area contributed by atoms with Crippen LogP contribution >= 0.6 is 22.9 Å². The molecule has 2 atom stereocenters. The first kappa shape index (κ1) is 22.9. The lowest BCUT2D eigenvalue weighted by molar-refractivity contribution is -0.120. The summed E-state index contributed by atoms with van der Waals surface area (Å²) in [7, 11) is 0. The molecule has 2 aliphatic heterocycles. The molecule has 35 heavy (non-hydrogen) atoms. The van der Waals surface area contributed by atoms with E-state index in [0.29, 0.717) is 36.0 Å². The Balaban J connectivity index is 1.25. The summed E-state index contributed by atoms with van der Waals surface area (Å²) in [6.45, 7) is 1.39. The maximum atomic E-state index is 13.7. The van der Waals surface area contributed by atoms with E-state index in [0.717, 1.165) is 33.9 Å². The lowest BCUT2D eigenvalue weighted by Crippen LogP contribution is -2.28. The molecule has 6 nitrogen and oxygen atoms in total. The van der Waals surface area contributed by atoms with Crippen LogP contribution in [0.1, 0.15) is 46.3 Å². The van der Waals surface area contributed by atoms with Crippen molar-refractivity contribution in [2.24, 2.45) is 0 Å². The Labute approximate surface area is 211 Å². The Morgan fingerprint density at radius 2 is 2.09 bits per heavy atom. The summed E-state index contributed by atoms with van der Waals surface area (Å²) in [6, 6.07) is 9.89. The average molecular weight is 515 g/mol. The molecule has 9 heteroatoms. The van der Waals surface area contributed by atoms with Crippen molar-refractivity contribution in [3.05, 3.63) is 74.4 Å². The number of Topliss-reactive ketones (excluding diaryl/α,β-unsaturated/α-hetero) is 1. The third-order valence-electron chi connectivity index (χ3n) is 7.18. The molecule has 1 N–H and O–H groups in total.